The molecule has 0 heterocycles. The van der Waals surface area contributed by atoms with Gasteiger partial charge in [-0.1, -0.05) is 0 Å². The second-order valence-corrected chi connectivity index (χ2v) is 4.27. The molecule has 0 aromatic carbocycles. The van der Waals surface area contributed by atoms with Crippen molar-refractivity contribution >= 4 is 3.90 Å². The Morgan fingerprint density at radius 1 is 1.50 bits per heavy atom. The van der Waals surface area contributed by atoms with Crippen LogP contribution in [0.3, 0.4) is 0 Å². The average molecular weight is 280 g/mol. The molecule has 0 atom stereocenters. The molecule has 0 saturated heterocycles. The number of hydrogen-bond acceptors (Lipinski definition) is 0. The van der Waals surface area contributed by atoms with Crippen LogP contribution in [0.25, 0.3) is 0 Å². The van der Waals surface area contributed by atoms with Crippen molar-refractivity contribution in [1.82, 2.24) is 0 Å². The Kier molecular flexibility index (Phi) is 4.36. The molecular weight excluding hydrogens is 268 g/mol. The van der Waals surface area contributed by atoms with Crippen LogP contribution in [-0.2, 0) is 19.4 Å². The summed E-state index contributed by atoms with van der Waals surface area (Å²) in [4.78, 5) is 0. The SMILES string of the molecule is CC/C(C)=C\[C](C)=[W]. The van der Waals surface area contributed by atoms with Crippen LogP contribution >= 0.6 is 0 Å². The average Bonchev–Trinajstić information content (AvgIpc) is 1.65. The summed E-state index contributed by atoms with van der Waals surface area (Å²) < 4.78 is 1.48. The molecule has 0 aliphatic heterocycles. The van der Waals surface area contributed by atoms with E-state index in [0.717, 1.165) is 0 Å². The van der Waals surface area contributed by atoms with Crippen LogP contribution in [0, 0.1) is 0 Å². The fourth-order valence-corrected chi connectivity index (χ4v) is 1.17. The molecule has 1 heteroatoms. The zero-order valence-corrected chi connectivity index (χ0v) is 8.63. The van der Waals surface area contributed by atoms with E-state index in [1.165, 1.54) is 15.9 Å². The van der Waals surface area contributed by atoms with Crippen molar-refractivity contribution in [2.24, 2.45) is 0 Å². The molecule has 0 aliphatic rings. The third-order valence-electron chi connectivity index (χ3n) is 1.01. The van der Waals surface area contributed by atoms with Gasteiger partial charge in [-0.15, -0.1) is 0 Å². The van der Waals surface area contributed by atoms with Crippen LogP contribution in [-0.4, -0.2) is 3.90 Å². The Hall–Kier alpha value is 0.298. The molecule has 0 spiro atoms. The fourth-order valence-electron chi connectivity index (χ4n) is 0.449. The molecular formula is C7H12W. The van der Waals surface area contributed by atoms with Gasteiger partial charge in [0, 0.05) is 0 Å². The van der Waals surface area contributed by atoms with Crippen molar-refractivity contribution in [3.05, 3.63) is 11.6 Å². The van der Waals surface area contributed by atoms with E-state index in [1.54, 1.807) is 19.4 Å². The standard InChI is InChI=1S/C7H12.W/c1-4-6-7(3)5-2;/h6H,5H2,1-3H3;/b7-6-;. The normalized spacial score (nSPS) is 11.6. The minimum absolute atomic E-state index is 1.19. The van der Waals surface area contributed by atoms with E-state index >= 15 is 0 Å². The third-order valence-corrected chi connectivity index (χ3v) is 1.43. The molecule has 0 rings (SSSR count). The molecule has 0 aromatic rings. The third kappa shape index (κ3) is 4.46. The molecule has 8 heavy (non-hydrogen) atoms. The Balaban J connectivity index is 3.75. The van der Waals surface area contributed by atoms with Crippen LogP contribution in [0.1, 0.15) is 27.2 Å². The van der Waals surface area contributed by atoms with Gasteiger partial charge in [0.05, 0.1) is 0 Å². The molecule has 0 fully saturated rings. The maximum absolute atomic E-state index is 2.26. The zero-order chi connectivity index (χ0) is 6.57. The van der Waals surface area contributed by atoms with Crippen LogP contribution in [0.4, 0.5) is 0 Å². The van der Waals surface area contributed by atoms with Gasteiger partial charge in [0.2, 0.25) is 0 Å². The van der Waals surface area contributed by atoms with Gasteiger partial charge < -0.3 is 0 Å². The van der Waals surface area contributed by atoms with Crippen LogP contribution < -0.4 is 0 Å². The molecule has 0 saturated carbocycles. The molecule has 0 radical (unpaired) electrons. The minimum atomic E-state index is 1.19. The molecule has 0 bridgehead atoms. The van der Waals surface area contributed by atoms with Gasteiger partial charge in [-0.3, -0.25) is 0 Å². The Labute approximate surface area is 62.4 Å². The van der Waals surface area contributed by atoms with E-state index < -0.39 is 0 Å². The van der Waals surface area contributed by atoms with E-state index in [0.29, 0.717) is 0 Å². The van der Waals surface area contributed by atoms with Gasteiger partial charge in [0.15, 0.2) is 0 Å². The van der Waals surface area contributed by atoms with E-state index in [4.69, 9.17) is 0 Å². The van der Waals surface area contributed by atoms with Crippen molar-refractivity contribution < 1.29 is 19.4 Å². The van der Waals surface area contributed by atoms with Gasteiger partial charge >= 0.3 is 62.1 Å². The Bertz CT molecular complexity index is 112. The summed E-state index contributed by atoms with van der Waals surface area (Å²) in [5.74, 6) is 0. The maximum atomic E-state index is 2.26. The predicted molar refractivity (Wildman–Crippen MR) is 34.7 cm³/mol. The number of rotatable bonds is 2. The van der Waals surface area contributed by atoms with E-state index in [2.05, 4.69) is 26.8 Å². The first-order chi connectivity index (χ1) is 3.66. The van der Waals surface area contributed by atoms with Gasteiger partial charge in [0.25, 0.3) is 0 Å². The first-order valence-corrected chi connectivity index (χ1v) is 4.31. The monoisotopic (exact) mass is 280 g/mol. The quantitative estimate of drug-likeness (QED) is 0.726. The van der Waals surface area contributed by atoms with Gasteiger partial charge in [0.1, 0.15) is 0 Å². The molecule has 0 N–H and O–H groups in total. The van der Waals surface area contributed by atoms with Crippen molar-refractivity contribution in [3.8, 4) is 0 Å². The van der Waals surface area contributed by atoms with Gasteiger partial charge in [-0.2, -0.15) is 0 Å². The van der Waals surface area contributed by atoms with Crippen molar-refractivity contribution in [2.45, 2.75) is 27.2 Å². The van der Waals surface area contributed by atoms with Gasteiger partial charge in [-0.25, -0.2) is 0 Å². The Morgan fingerprint density at radius 2 is 2.00 bits per heavy atom. The fraction of sp³-hybridized carbons (Fsp3) is 0.571. The van der Waals surface area contributed by atoms with Crippen LogP contribution in [0.2, 0.25) is 0 Å². The summed E-state index contributed by atoms with van der Waals surface area (Å²) in [6.45, 7) is 6.52. The molecule has 0 nitrogen and oxygen atoms in total. The summed E-state index contributed by atoms with van der Waals surface area (Å²) in [5.41, 5.74) is 1.48. The molecule has 0 amide bonds. The summed E-state index contributed by atoms with van der Waals surface area (Å²) in [5, 5.41) is 0. The second-order valence-electron chi connectivity index (χ2n) is 1.95. The summed E-state index contributed by atoms with van der Waals surface area (Å²) in [6, 6.07) is 0. The topological polar surface area (TPSA) is 0 Å². The molecule has 46 valence electrons. The van der Waals surface area contributed by atoms with Crippen LogP contribution in [0.15, 0.2) is 11.6 Å². The summed E-state index contributed by atoms with van der Waals surface area (Å²) in [7, 11) is 0. The van der Waals surface area contributed by atoms with Gasteiger partial charge in [-0.05, 0) is 0 Å². The molecule has 0 unspecified atom stereocenters. The van der Waals surface area contributed by atoms with Crippen molar-refractivity contribution in [2.75, 3.05) is 0 Å². The Morgan fingerprint density at radius 3 is 2.12 bits per heavy atom. The van der Waals surface area contributed by atoms with Crippen LogP contribution in [0.5, 0.6) is 0 Å². The van der Waals surface area contributed by atoms with E-state index in [9.17, 15) is 0 Å². The summed E-state index contributed by atoms with van der Waals surface area (Å²) in [6.07, 6.45) is 3.44. The zero-order valence-electron chi connectivity index (χ0n) is 5.69. The second kappa shape index (κ2) is 4.20. The predicted octanol–water partition coefficient (Wildman–Crippen LogP) is 2.08. The van der Waals surface area contributed by atoms with Crippen molar-refractivity contribution in [1.29, 1.82) is 0 Å². The number of hydrogen-bond donors (Lipinski definition) is 0. The molecule has 0 aromatic heterocycles. The summed E-state index contributed by atoms with van der Waals surface area (Å²) >= 11 is 1.58. The van der Waals surface area contributed by atoms with Crippen molar-refractivity contribution in [3.63, 3.8) is 0 Å². The first-order valence-electron chi connectivity index (χ1n) is 2.84. The number of allylic oxidation sites excluding steroid dienone is 2. The molecule has 0 aliphatic carbocycles. The van der Waals surface area contributed by atoms with E-state index in [-0.39, 0.29) is 0 Å². The van der Waals surface area contributed by atoms with E-state index in [1.807, 2.05) is 0 Å². The first kappa shape index (κ1) is 8.30.